The SMILES string of the molecule is Cc1ccc(NC(=O)CN(C)Cc2cc3ccccc3nc2Cl)cc1. The van der Waals surface area contributed by atoms with Crippen LogP contribution in [0.3, 0.4) is 0 Å². The predicted octanol–water partition coefficient (Wildman–Crippen LogP) is 4.27. The summed E-state index contributed by atoms with van der Waals surface area (Å²) in [5.74, 6) is -0.0591. The average molecular weight is 354 g/mol. The summed E-state index contributed by atoms with van der Waals surface area (Å²) in [6.45, 7) is 2.84. The second-order valence-corrected chi connectivity index (χ2v) is 6.58. The summed E-state index contributed by atoms with van der Waals surface area (Å²) in [4.78, 5) is 18.5. The number of anilines is 1. The lowest BCUT2D eigenvalue weighted by atomic mass is 10.1. The van der Waals surface area contributed by atoms with Gasteiger partial charge >= 0.3 is 0 Å². The highest BCUT2D eigenvalue weighted by Crippen LogP contribution is 2.21. The number of hydrogen-bond donors (Lipinski definition) is 1. The maximum absolute atomic E-state index is 12.2. The van der Waals surface area contributed by atoms with Crippen LogP contribution in [0.4, 0.5) is 5.69 Å². The molecule has 0 aliphatic rings. The van der Waals surface area contributed by atoms with Crippen LogP contribution in [0.1, 0.15) is 11.1 Å². The molecule has 128 valence electrons. The lowest BCUT2D eigenvalue weighted by molar-refractivity contribution is -0.117. The number of carbonyl (C=O) groups excluding carboxylic acids is 1. The number of nitrogens with zero attached hydrogens (tertiary/aromatic N) is 2. The van der Waals surface area contributed by atoms with Crippen molar-refractivity contribution in [2.75, 3.05) is 18.9 Å². The quantitative estimate of drug-likeness (QED) is 0.697. The van der Waals surface area contributed by atoms with Gasteiger partial charge in [-0.3, -0.25) is 9.69 Å². The van der Waals surface area contributed by atoms with Crippen LogP contribution < -0.4 is 5.32 Å². The number of carbonyl (C=O) groups is 1. The van der Waals surface area contributed by atoms with Crippen molar-refractivity contribution in [3.05, 3.63) is 70.9 Å². The van der Waals surface area contributed by atoms with Crippen molar-refractivity contribution in [2.45, 2.75) is 13.5 Å². The summed E-state index contributed by atoms with van der Waals surface area (Å²) < 4.78 is 0. The Morgan fingerprint density at radius 2 is 1.88 bits per heavy atom. The van der Waals surface area contributed by atoms with Crippen molar-refractivity contribution in [1.82, 2.24) is 9.88 Å². The molecule has 0 saturated carbocycles. The number of para-hydroxylation sites is 1. The number of benzene rings is 2. The van der Waals surface area contributed by atoms with E-state index in [0.717, 1.165) is 27.7 Å². The van der Waals surface area contributed by atoms with E-state index < -0.39 is 0 Å². The summed E-state index contributed by atoms with van der Waals surface area (Å²) in [6.07, 6.45) is 0. The molecule has 4 nitrogen and oxygen atoms in total. The molecular formula is C20H20ClN3O. The minimum atomic E-state index is -0.0591. The van der Waals surface area contributed by atoms with Crippen LogP contribution in [0, 0.1) is 6.92 Å². The Bertz CT molecular complexity index is 893. The van der Waals surface area contributed by atoms with E-state index in [4.69, 9.17) is 11.6 Å². The standard InChI is InChI=1S/C20H20ClN3O/c1-14-7-9-17(10-8-14)22-19(25)13-24(2)12-16-11-15-5-3-4-6-18(15)23-20(16)21/h3-11H,12-13H2,1-2H3,(H,22,25). The van der Waals surface area contributed by atoms with Crippen molar-refractivity contribution < 1.29 is 4.79 Å². The predicted molar refractivity (Wildman–Crippen MR) is 103 cm³/mol. The Hall–Kier alpha value is -2.43. The third kappa shape index (κ3) is 4.56. The minimum Gasteiger partial charge on any atom is -0.325 e. The molecule has 0 saturated heterocycles. The molecule has 0 fully saturated rings. The topological polar surface area (TPSA) is 45.2 Å². The maximum atomic E-state index is 12.2. The number of nitrogens with one attached hydrogen (secondary N) is 1. The molecule has 0 aliphatic heterocycles. The summed E-state index contributed by atoms with van der Waals surface area (Å²) in [5.41, 5.74) is 3.74. The van der Waals surface area contributed by atoms with Crippen LogP contribution in [0.25, 0.3) is 10.9 Å². The molecular weight excluding hydrogens is 334 g/mol. The average Bonchev–Trinajstić information content (AvgIpc) is 2.57. The number of likely N-dealkylation sites (N-methyl/N-ethyl adjacent to an activating group) is 1. The Kier molecular flexibility index (Phi) is 5.31. The molecule has 0 bridgehead atoms. The van der Waals surface area contributed by atoms with Crippen LogP contribution in [-0.4, -0.2) is 29.4 Å². The van der Waals surface area contributed by atoms with Crippen molar-refractivity contribution in [3.8, 4) is 0 Å². The smallest absolute Gasteiger partial charge is 0.238 e. The number of pyridine rings is 1. The maximum Gasteiger partial charge on any atom is 0.238 e. The van der Waals surface area contributed by atoms with Gasteiger partial charge in [0.05, 0.1) is 12.1 Å². The second kappa shape index (κ2) is 7.64. The van der Waals surface area contributed by atoms with Gasteiger partial charge in [0.2, 0.25) is 5.91 Å². The van der Waals surface area contributed by atoms with E-state index in [9.17, 15) is 4.79 Å². The van der Waals surface area contributed by atoms with Gasteiger partial charge in [0, 0.05) is 23.2 Å². The van der Waals surface area contributed by atoms with Crippen molar-refractivity contribution in [2.24, 2.45) is 0 Å². The molecule has 1 amide bonds. The van der Waals surface area contributed by atoms with Crippen molar-refractivity contribution in [1.29, 1.82) is 0 Å². The lowest BCUT2D eigenvalue weighted by Crippen LogP contribution is -2.30. The molecule has 5 heteroatoms. The number of halogens is 1. The van der Waals surface area contributed by atoms with Crippen molar-refractivity contribution in [3.63, 3.8) is 0 Å². The van der Waals surface area contributed by atoms with Crippen LogP contribution in [0.15, 0.2) is 54.6 Å². The highest BCUT2D eigenvalue weighted by Gasteiger charge is 2.11. The number of amides is 1. The zero-order chi connectivity index (χ0) is 17.8. The fourth-order valence-electron chi connectivity index (χ4n) is 2.68. The van der Waals surface area contributed by atoms with Crippen LogP contribution >= 0.6 is 11.6 Å². The molecule has 1 heterocycles. The van der Waals surface area contributed by atoms with E-state index in [1.807, 2.05) is 73.5 Å². The van der Waals surface area contributed by atoms with E-state index in [1.165, 1.54) is 0 Å². The second-order valence-electron chi connectivity index (χ2n) is 6.22. The Balaban J connectivity index is 1.63. The Labute approximate surface area is 152 Å². The molecule has 0 aliphatic carbocycles. The number of aromatic nitrogens is 1. The number of fused-ring (bicyclic) bond motifs is 1. The number of rotatable bonds is 5. The van der Waals surface area contributed by atoms with Crippen molar-refractivity contribution >= 4 is 34.1 Å². The molecule has 3 rings (SSSR count). The molecule has 3 aromatic rings. The van der Waals surface area contributed by atoms with Gasteiger partial charge in [-0.15, -0.1) is 0 Å². The summed E-state index contributed by atoms with van der Waals surface area (Å²) in [5, 5.41) is 4.42. The van der Waals surface area contributed by atoms with E-state index in [1.54, 1.807) is 0 Å². The monoisotopic (exact) mass is 353 g/mol. The van der Waals surface area contributed by atoms with Gasteiger partial charge in [-0.25, -0.2) is 4.98 Å². The van der Waals surface area contributed by atoms with Gasteiger partial charge in [-0.2, -0.15) is 0 Å². The first-order chi connectivity index (χ1) is 12.0. The zero-order valence-corrected chi connectivity index (χ0v) is 15.0. The Morgan fingerprint density at radius 1 is 1.16 bits per heavy atom. The number of aryl methyl sites for hydroxylation is 1. The molecule has 1 N–H and O–H groups in total. The Morgan fingerprint density at radius 3 is 2.64 bits per heavy atom. The molecule has 0 radical (unpaired) electrons. The lowest BCUT2D eigenvalue weighted by Gasteiger charge is -2.17. The fraction of sp³-hybridized carbons (Fsp3) is 0.200. The largest absolute Gasteiger partial charge is 0.325 e. The molecule has 0 spiro atoms. The number of hydrogen-bond acceptors (Lipinski definition) is 3. The van der Waals surface area contributed by atoms with Gasteiger partial charge in [-0.05, 0) is 38.2 Å². The first-order valence-electron chi connectivity index (χ1n) is 8.10. The van der Waals surface area contributed by atoms with Gasteiger partial charge in [-0.1, -0.05) is 47.5 Å². The third-order valence-corrected chi connectivity index (χ3v) is 4.27. The van der Waals surface area contributed by atoms with E-state index in [2.05, 4.69) is 10.3 Å². The summed E-state index contributed by atoms with van der Waals surface area (Å²) in [6, 6.07) is 17.6. The van der Waals surface area contributed by atoms with Crippen LogP contribution in [0.2, 0.25) is 5.15 Å². The zero-order valence-electron chi connectivity index (χ0n) is 14.3. The summed E-state index contributed by atoms with van der Waals surface area (Å²) >= 11 is 6.29. The molecule has 2 aromatic carbocycles. The minimum absolute atomic E-state index is 0.0591. The third-order valence-electron chi connectivity index (χ3n) is 3.94. The van der Waals surface area contributed by atoms with Gasteiger partial charge in [0.25, 0.3) is 0 Å². The van der Waals surface area contributed by atoms with Gasteiger partial charge in [0.1, 0.15) is 5.15 Å². The highest BCUT2D eigenvalue weighted by molar-refractivity contribution is 6.30. The molecule has 0 atom stereocenters. The highest BCUT2D eigenvalue weighted by atomic mass is 35.5. The van der Waals surface area contributed by atoms with Gasteiger partial charge in [0.15, 0.2) is 0 Å². The first kappa shape index (κ1) is 17.4. The molecule has 0 unspecified atom stereocenters. The normalized spacial score (nSPS) is 11.0. The van der Waals surface area contributed by atoms with E-state index >= 15 is 0 Å². The molecule has 1 aromatic heterocycles. The van der Waals surface area contributed by atoms with Crippen LogP contribution in [0.5, 0.6) is 0 Å². The first-order valence-corrected chi connectivity index (χ1v) is 8.48. The van der Waals surface area contributed by atoms with Crippen LogP contribution in [-0.2, 0) is 11.3 Å². The fourth-order valence-corrected chi connectivity index (χ4v) is 2.88. The molecule has 25 heavy (non-hydrogen) atoms. The van der Waals surface area contributed by atoms with E-state index in [-0.39, 0.29) is 12.5 Å². The van der Waals surface area contributed by atoms with E-state index in [0.29, 0.717) is 11.7 Å². The van der Waals surface area contributed by atoms with Gasteiger partial charge < -0.3 is 5.32 Å². The summed E-state index contributed by atoms with van der Waals surface area (Å²) in [7, 11) is 1.89.